The minimum absolute atomic E-state index is 0.223. The van der Waals surface area contributed by atoms with Gasteiger partial charge in [-0.2, -0.15) is 0 Å². The van der Waals surface area contributed by atoms with Gasteiger partial charge in [0.05, 0.1) is 0 Å². The molecule has 0 fully saturated rings. The van der Waals surface area contributed by atoms with Crippen molar-refractivity contribution in [2.45, 2.75) is 16.3 Å². The summed E-state index contributed by atoms with van der Waals surface area (Å²) < 4.78 is 14.1. The van der Waals surface area contributed by atoms with Crippen LogP contribution in [0.2, 0.25) is 0 Å². The van der Waals surface area contributed by atoms with Gasteiger partial charge in [0, 0.05) is 20.8 Å². The summed E-state index contributed by atoms with van der Waals surface area (Å²) in [7, 11) is 0. The molecular weight excluding hydrogens is 301 g/mol. The summed E-state index contributed by atoms with van der Waals surface area (Å²) in [6, 6.07) is 12.5. The molecule has 4 heteroatoms. The van der Waals surface area contributed by atoms with E-state index in [1.807, 2.05) is 24.3 Å². The van der Waals surface area contributed by atoms with E-state index in [2.05, 4.69) is 15.9 Å². The van der Waals surface area contributed by atoms with Crippen LogP contribution in [0.25, 0.3) is 0 Å². The topological polar surface area (TPSA) is 26.0 Å². The molecule has 2 aromatic carbocycles. The Bertz CT molecular complexity index is 531. The maximum atomic E-state index is 13.1. The van der Waals surface area contributed by atoms with E-state index in [-0.39, 0.29) is 5.82 Å². The van der Waals surface area contributed by atoms with Crippen LogP contribution >= 0.6 is 27.7 Å². The Balaban J connectivity index is 2.32. The zero-order valence-corrected chi connectivity index (χ0v) is 11.4. The molecule has 0 heterocycles. The summed E-state index contributed by atoms with van der Waals surface area (Å²) in [6.45, 7) is 0.477. The molecule has 0 amide bonds. The SMILES string of the molecule is NCc1ccc(Br)cc1Sc1cccc(F)c1. The molecule has 0 aliphatic heterocycles. The molecule has 2 N–H and O–H groups in total. The van der Waals surface area contributed by atoms with Gasteiger partial charge in [0.2, 0.25) is 0 Å². The number of rotatable bonds is 3. The van der Waals surface area contributed by atoms with Crippen molar-refractivity contribution in [3.05, 3.63) is 58.3 Å². The summed E-state index contributed by atoms with van der Waals surface area (Å²) in [5, 5.41) is 0. The smallest absolute Gasteiger partial charge is 0.124 e. The van der Waals surface area contributed by atoms with Gasteiger partial charge in [-0.15, -0.1) is 0 Å². The van der Waals surface area contributed by atoms with Crippen LogP contribution in [0.15, 0.2) is 56.7 Å². The van der Waals surface area contributed by atoms with E-state index in [1.54, 1.807) is 6.07 Å². The lowest BCUT2D eigenvalue weighted by Gasteiger charge is -2.08. The van der Waals surface area contributed by atoms with Gasteiger partial charge in [-0.1, -0.05) is 39.8 Å². The van der Waals surface area contributed by atoms with Crippen molar-refractivity contribution in [1.82, 2.24) is 0 Å². The lowest BCUT2D eigenvalue weighted by Crippen LogP contribution is -1.98. The zero-order valence-electron chi connectivity index (χ0n) is 8.99. The second kappa shape index (κ2) is 5.67. The average Bonchev–Trinajstić information content (AvgIpc) is 2.29. The first kappa shape index (κ1) is 12.6. The lowest BCUT2D eigenvalue weighted by molar-refractivity contribution is 0.624. The summed E-state index contributed by atoms with van der Waals surface area (Å²) in [5.41, 5.74) is 6.74. The van der Waals surface area contributed by atoms with Gasteiger partial charge in [-0.3, -0.25) is 0 Å². The van der Waals surface area contributed by atoms with Crippen molar-refractivity contribution >= 4 is 27.7 Å². The minimum Gasteiger partial charge on any atom is -0.326 e. The highest BCUT2D eigenvalue weighted by Gasteiger charge is 2.05. The Morgan fingerprint density at radius 1 is 1.18 bits per heavy atom. The molecule has 1 nitrogen and oxygen atoms in total. The van der Waals surface area contributed by atoms with Gasteiger partial charge in [0.25, 0.3) is 0 Å². The highest BCUT2D eigenvalue weighted by molar-refractivity contribution is 9.10. The van der Waals surface area contributed by atoms with Gasteiger partial charge in [-0.05, 0) is 35.9 Å². The van der Waals surface area contributed by atoms with Crippen LogP contribution in [-0.2, 0) is 6.54 Å². The van der Waals surface area contributed by atoms with Crippen molar-refractivity contribution in [2.75, 3.05) is 0 Å². The maximum absolute atomic E-state index is 13.1. The molecule has 2 aromatic rings. The molecule has 0 bridgehead atoms. The highest BCUT2D eigenvalue weighted by Crippen LogP contribution is 2.32. The van der Waals surface area contributed by atoms with Crippen LogP contribution in [0.1, 0.15) is 5.56 Å². The Kier molecular flexibility index (Phi) is 4.20. The molecule has 88 valence electrons. The average molecular weight is 312 g/mol. The van der Waals surface area contributed by atoms with Crippen LogP contribution in [0.5, 0.6) is 0 Å². The number of hydrogen-bond acceptors (Lipinski definition) is 2. The molecule has 0 aromatic heterocycles. The molecule has 2 rings (SSSR count). The largest absolute Gasteiger partial charge is 0.326 e. The Morgan fingerprint density at radius 3 is 2.71 bits per heavy atom. The highest BCUT2D eigenvalue weighted by atomic mass is 79.9. The number of nitrogens with two attached hydrogens (primary N) is 1. The minimum atomic E-state index is -0.223. The van der Waals surface area contributed by atoms with E-state index in [0.29, 0.717) is 6.54 Å². The molecule has 0 saturated heterocycles. The first-order valence-corrected chi connectivity index (χ1v) is 6.72. The van der Waals surface area contributed by atoms with E-state index in [9.17, 15) is 4.39 Å². The zero-order chi connectivity index (χ0) is 12.3. The molecule has 0 atom stereocenters. The van der Waals surface area contributed by atoms with Crippen molar-refractivity contribution in [3.8, 4) is 0 Å². The molecule has 0 saturated carbocycles. The lowest BCUT2D eigenvalue weighted by atomic mass is 10.2. The Hall–Kier alpha value is -0.840. The van der Waals surface area contributed by atoms with Crippen LogP contribution < -0.4 is 5.73 Å². The normalized spacial score (nSPS) is 10.5. The number of halogens is 2. The van der Waals surface area contributed by atoms with Crippen molar-refractivity contribution < 1.29 is 4.39 Å². The van der Waals surface area contributed by atoms with Crippen LogP contribution in [0.3, 0.4) is 0 Å². The molecular formula is C13H11BrFNS. The second-order valence-corrected chi connectivity index (χ2v) is 5.55. The second-order valence-electron chi connectivity index (χ2n) is 3.52. The molecule has 0 radical (unpaired) electrons. The summed E-state index contributed by atoms with van der Waals surface area (Å²) in [6.07, 6.45) is 0. The standard InChI is InChI=1S/C13H11BrFNS/c14-10-5-4-9(8-16)13(6-10)17-12-3-1-2-11(15)7-12/h1-7H,8,16H2. The monoisotopic (exact) mass is 311 g/mol. The quantitative estimate of drug-likeness (QED) is 0.919. The third-order valence-corrected chi connectivity index (χ3v) is 3.86. The number of benzene rings is 2. The predicted octanol–water partition coefficient (Wildman–Crippen LogP) is 4.20. The number of hydrogen-bond donors (Lipinski definition) is 1. The fourth-order valence-corrected chi connectivity index (χ4v) is 3.00. The van der Waals surface area contributed by atoms with E-state index in [4.69, 9.17) is 5.73 Å². The Morgan fingerprint density at radius 2 is 2.00 bits per heavy atom. The molecule has 0 aliphatic carbocycles. The summed E-state index contributed by atoms with van der Waals surface area (Å²) >= 11 is 4.94. The molecule has 0 aliphatic rings. The fraction of sp³-hybridized carbons (Fsp3) is 0.0769. The summed E-state index contributed by atoms with van der Waals surface area (Å²) in [5.74, 6) is -0.223. The Labute approximate surface area is 112 Å². The van der Waals surface area contributed by atoms with E-state index in [0.717, 1.165) is 19.8 Å². The van der Waals surface area contributed by atoms with Crippen LogP contribution in [0.4, 0.5) is 4.39 Å². The molecule has 0 spiro atoms. The third kappa shape index (κ3) is 3.31. The van der Waals surface area contributed by atoms with Crippen molar-refractivity contribution in [2.24, 2.45) is 5.73 Å². The van der Waals surface area contributed by atoms with Crippen molar-refractivity contribution in [1.29, 1.82) is 0 Å². The van der Waals surface area contributed by atoms with E-state index in [1.165, 1.54) is 23.9 Å². The van der Waals surface area contributed by atoms with Gasteiger partial charge in [0.15, 0.2) is 0 Å². The first-order chi connectivity index (χ1) is 8.19. The first-order valence-electron chi connectivity index (χ1n) is 5.11. The molecule has 17 heavy (non-hydrogen) atoms. The van der Waals surface area contributed by atoms with Gasteiger partial charge in [0.1, 0.15) is 5.82 Å². The van der Waals surface area contributed by atoms with E-state index >= 15 is 0 Å². The van der Waals surface area contributed by atoms with Crippen LogP contribution in [0, 0.1) is 5.82 Å². The van der Waals surface area contributed by atoms with E-state index < -0.39 is 0 Å². The van der Waals surface area contributed by atoms with Gasteiger partial charge in [-0.25, -0.2) is 4.39 Å². The maximum Gasteiger partial charge on any atom is 0.124 e. The van der Waals surface area contributed by atoms with Crippen LogP contribution in [-0.4, -0.2) is 0 Å². The predicted molar refractivity (Wildman–Crippen MR) is 72.6 cm³/mol. The van der Waals surface area contributed by atoms with Gasteiger partial charge >= 0.3 is 0 Å². The van der Waals surface area contributed by atoms with Gasteiger partial charge < -0.3 is 5.73 Å². The fourth-order valence-electron chi connectivity index (χ4n) is 1.45. The third-order valence-electron chi connectivity index (χ3n) is 2.27. The summed E-state index contributed by atoms with van der Waals surface area (Å²) in [4.78, 5) is 1.92. The molecule has 0 unspecified atom stereocenters. The van der Waals surface area contributed by atoms with Crippen molar-refractivity contribution in [3.63, 3.8) is 0 Å².